The second-order valence-corrected chi connectivity index (χ2v) is 6.50. The number of ether oxygens (including phenoxy) is 1. The van der Waals surface area contributed by atoms with Crippen LogP contribution in [0.5, 0.6) is 0 Å². The zero-order chi connectivity index (χ0) is 19.8. The predicted molar refractivity (Wildman–Crippen MR) is 98.3 cm³/mol. The first kappa shape index (κ1) is 20.2. The van der Waals surface area contributed by atoms with Gasteiger partial charge in [-0.3, -0.25) is 14.4 Å². The molecule has 2 unspecified atom stereocenters. The molecule has 0 aliphatic heterocycles. The number of carbonyl (C=O) groups excluding carboxylic acids is 3. The molecule has 144 valence electrons. The van der Waals surface area contributed by atoms with Gasteiger partial charge in [-0.15, -0.1) is 0 Å². The Morgan fingerprint density at radius 3 is 2.44 bits per heavy atom. The molecule has 2 amide bonds. The van der Waals surface area contributed by atoms with Crippen LogP contribution in [0.2, 0.25) is 0 Å². The van der Waals surface area contributed by atoms with Crippen molar-refractivity contribution in [2.24, 2.45) is 11.7 Å². The Balaban J connectivity index is 2.12. The van der Waals surface area contributed by atoms with Crippen molar-refractivity contribution in [3.8, 4) is 0 Å². The number of aromatic amines is 1. The number of rotatable bonds is 9. The summed E-state index contributed by atoms with van der Waals surface area (Å²) in [5.41, 5.74) is 6.82. The minimum atomic E-state index is -1.07. The van der Waals surface area contributed by atoms with Gasteiger partial charge in [0.1, 0.15) is 6.04 Å². The molecule has 0 bridgehead atoms. The van der Waals surface area contributed by atoms with Gasteiger partial charge in [-0.1, -0.05) is 44.2 Å². The summed E-state index contributed by atoms with van der Waals surface area (Å²) < 4.78 is 5.37. The monoisotopic (exact) mass is 372 g/mol. The van der Waals surface area contributed by atoms with Gasteiger partial charge in [-0.2, -0.15) is 0 Å². The number of hydrogen-bond donors (Lipinski definition) is 3. The highest BCUT2D eigenvalue weighted by atomic mass is 16.5. The number of H-pyrrole nitrogens is 1. The highest BCUT2D eigenvalue weighted by molar-refractivity contribution is 5.90. The van der Waals surface area contributed by atoms with Crippen molar-refractivity contribution in [3.63, 3.8) is 0 Å². The average molecular weight is 372 g/mol. The lowest BCUT2D eigenvalue weighted by atomic mass is 10.1. The first-order chi connectivity index (χ1) is 12.9. The number of nitrogens with two attached hydrogens (primary N) is 1. The third-order valence-corrected chi connectivity index (χ3v) is 3.91. The molecule has 1 aromatic heterocycles. The Morgan fingerprint density at radius 2 is 1.89 bits per heavy atom. The second-order valence-electron chi connectivity index (χ2n) is 6.50. The van der Waals surface area contributed by atoms with E-state index < -0.39 is 29.9 Å². The van der Waals surface area contributed by atoms with Gasteiger partial charge >= 0.3 is 5.97 Å². The SMILES string of the molecule is CC(C)C(=O)OC(Cc1ccccc1)C(=O)NC(Cc1c[nH]cn1)C(N)=O. The van der Waals surface area contributed by atoms with Gasteiger partial charge in [0, 0.05) is 19.0 Å². The summed E-state index contributed by atoms with van der Waals surface area (Å²) in [4.78, 5) is 43.3. The van der Waals surface area contributed by atoms with Crippen LogP contribution in [-0.4, -0.2) is 39.9 Å². The van der Waals surface area contributed by atoms with E-state index in [9.17, 15) is 14.4 Å². The van der Waals surface area contributed by atoms with E-state index in [4.69, 9.17) is 10.5 Å². The van der Waals surface area contributed by atoms with Gasteiger partial charge in [0.05, 0.1) is 17.9 Å². The molecule has 1 heterocycles. The van der Waals surface area contributed by atoms with Crippen molar-refractivity contribution in [1.82, 2.24) is 15.3 Å². The minimum Gasteiger partial charge on any atom is -0.452 e. The molecule has 2 atom stereocenters. The van der Waals surface area contributed by atoms with E-state index in [0.29, 0.717) is 5.69 Å². The molecular formula is C19H24N4O4. The maximum atomic E-state index is 12.7. The number of imidazole rings is 1. The van der Waals surface area contributed by atoms with E-state index in [1.165, 1.54) is 6.33 Å². The number of benzene rings is 1. The molecule has 0 saturated heterocycles. The molecule has 4 N–H and O–H groups in total. The summed E-state index contributed by atoms with van der Waals surface area (Å²) in [5, 5.41) is 2.57. The second kappa shape index (κ2) is 9.51. The van der Waals surface area contributed by atoms with Gasteiger partial charge in [0.25, 0.3) is 5.91 Å². The van der Waals surface area contributed by atoms with Gasteiger partial charge in [-0.05, 0) is 5.56 Å². The number of primary amides is 1. The van der Waals surface area contributed by atoms with Crippen LogP contribution in [0.15, 0.2) is 42.9 Å². The van der Waals surface area contributed by atoms with E-state index in [1.807, 2.05) is 30.3 Å². The first-order valence-corrected chi connectivity index (χ1v) is 8.68. The van der Waals surface area contributed by atoms with Gasteiger partial charge in [0.15, 0.2) is 6.10 Å². The van der Waals surface area contributed by atoms with Gasteiger partial charge < -0.3 is 20.8 Å². The van der Waals surface area contributed by atoms with Crippen LogP contribution in [0.3, 0.4) is 0 Å². The molecule has 2 rings (SSSR count). The summed E-state index contributed by atoms with van der Waals surface area (Å²) in [6.45, 7) is 3.37. The first-order valence-electron chi connectivity index (χ1n) is 8.68. The summed E-state index contributed by atoms with van der Waals surface area (Å²) in [6, 6.07) is 8.22. The molecule has 0 fully saturated rings. The van der Waals surface area contributed by atoms with E-state index in [2.05, 4.69) is 15.3 Å². The number of nitrogens with one attached hydrogen (secondary N) is 2. The molecule has 2 aromatic rings. The number of carbonyl (C=O) groups is 3. The van der Waals surface area contributed by atoms with Gasteiger partial charge in [0.2, 0.25) is 5.91 Å². The lowest BCUT2D eigenvalue weighted by Gasteiger charge is -2.22. The van der Waals surface area contributed by atoms with Gasteiger partial charge in [-0.25, -0.2) is 4.98 Å². The highest BCUT2D eigenvalue weighted by Crippen LogP contribution is 2.10. The Labute approximate surface area is 157 Å². The highest BCUT2D eigenvalue weighted by Gasteiger charge is 2.28. The molecule has 0 radical (unpaired) electrons. The topological polar surface area (TPSA) is 127 Å². The molecule has 0 spiro atoms. The number of hydrogen-bond acceptors (Lipinski definition) is 5. The van der Waals surface area contributed by atoms with E-state index in [-0.39, 0.29) is 18.8 Å². The largest absolute Gasteiger partial charge is 0.452 e. The van der Waals surface area contributed by atoms with E-state index in [1.54, 1.807) is 20.0 Å². The summed E-state index contributed by atoms with van der Waals surface area (Å²) in [5.74, 6) is -2.15. The predicted octanol–water partition coefficient (Wildman–Crippen LogP) is 0.733. The van der Waals surface area contributed by atoms with E-state index in [0.717, 1.165) is 5.56 Å². The van der Waals surface area contributed by atoms with Crippen LogP contribution in [0.4, 0.5) is 0 Å². The fourth-order valence-corrected chi connectivity index (χ4v) is 2.39. The maximum Gasteiger partial charge on any atom is 0.309 e. The van der Waals surface area contributed by atoms with Crippen LogP contribution in [-0.2, 0) is 32.0 Å². The van der Waals surface area contributed by atoms with Crippen molar-refractivity contribution in [3.05, 3.63) is 54.1 Å². The Bertz CT molecular complexity index is 759. The van der Waals surface area contributed by atoms with Crippen molar-refractivity contribution in [1.29, 1.82) is 0 Å². The maximum absolute atomic E-state index is 12.7. The number of amides is 2. The van der Waals surface area contributed by atoms with E-state index >= 15 is 0 Å². The third kappa shape index (κ3) is 6.25. The van der Waals surface area contributed by atoms with Crippen LogP contribution in [0.25, 0.3) is 0 Å². The van der Waals surface area contributed by atoms with Crippen LogP contribution >= 0.6 is 0 Å². The number of aromatic nitrogens is 2. The Morgan fingerprint density at radius 1 is 1.19 bits per heavy atom. The van der Waals surface area contributed by atoms with Crippen LogP contribution in [0, 0.1) is 5.92 Å². The zero-order valence-electron chi connectivity index (χ0n) is 15.3. The summed E-state index contributed by atoms with van der Waals surface area (Å²) in [6.07, 6.45) is 2.35. The molecule has 8 heteroatoms. The number of nitrogens with zero attached hydrogens (tertiary/aromatic N) is 1. The lowest BCUT2D eigenvalue weighted by molar-refractivity contribution is -0.159. The van der Waals surface area contributed by atoms with Crippen molar-refractivity contribution < 1.29 is 19.1 Å². The number of esters is 1. The smallest absolute Gasteiger partial charge is 0.309 e. The fraction of sp³-hybridized carbons (Fsp3) is 0.368. The minimum absolute atomic E-state index is 0.140. The Kier molecular flexibility index (Phi) is 7.10. The average Bonchev–Trinajstić information content (AvgIpc) is 3.14. The van der Waals surface area contributed by atoms with Crippen LogP contribution < -0.4 is 11.1 Å². The van der Waals surface area contributed by atoms with Crippen molar-refractivity contribution >= 4 is 17.8 Å². The van der Waals surface area contributed by atoms with Crippen molar-refractivity contribution in [2.45, 2.75) is 38.8 Å². The quantitative estimate of drug-likeness (QED) is 0.559. The molecule has 0 aliphatic rings. The standard InChI is InChI=1S/C19H24N4O4/c1-12(2)19(26)27-16(8-13-6-4-3-5-7-13)18(25)23-15(17(20)24)9-14-10-21-11-22-14/h3-7,10-12,15-16H,8-9H2,1-2H3,(H2,20,24)(H,21,22)(H,23,25). The Hall–Kier alpha value is -3.16. The molecular weight excluding hydrogens is 348 g/mol. The molecule has 27 heavy (non-hydrogen) atoms. The third-order valence-electron chi connectivity index (χ3n) is 3.91. The summed E-state index contributed by atoms with van der Waals surface area (Å²) in [7, 11) is 0. The summed E-state index contributed by atoms with van der Waals surface area (Å²) >= 11 is 0. The van der Waals surface area contributed by atoms with Crippen LogP contribution in [0.1, 0.15) is 25.1 Å². The zero-order valence-corrected chi connectivity index (χ0v) is 15.3. The lowest BCUT2D eigenvalue weighted by Crippen LogP contribution is -2.50. The molecule has 1 aromatic carbocycles. The molecule has 0 aliphatic carbocycles. The molecule has 0 saturated carbocycles. The molecule has 8 nitrogen and oxygen atoms in total. The fourth-order valence-electron chi connectivity index (χ4n) is 2.39. The normalized spacial score (nSPS) is 13.0. The van der Waals surface area contributed by atoms with Crippen molar-refractivity contribution in [2.75, 3.05) is 0 Å².